The topological polar surface area (TPSA) is 32.3 Å². The molecule has 1 atom stereocenters. The number of carbonyl (C=O) groups excluding carboxylic acids is 1. The Balaban J connectivity index is 2.02. The van der Waals surface area contributed by atoms with Gasteiger partial charge in [0.05, 0.1) is 5.54 Å². The number of nitrogens with one attached hydrogen (secondary N) is 1. The predicted molar refractivity (Wildman–Crippen MR) is 78.3 cm³/mol. The minimum Gasteiger partial charge on any atom is -0.346 e. The molecule has 1 aromatic carbocycles. The number of carbonyl (C=O) groups is 1. The predicted octanol–water partition coefficient (Wildman–Crippen LogP) is 2.68. The van der Waals surface area contributed by atoms with Gasteiger partial charge in [0, 0.05) is 24.2 Å². The highest BCUT2D eigenvalue weighted by atomic mass is 16.1. The average Bonchev–Trinajstić information content (AvgIpc) is 2.72. The lowest BCUT2D eigenvalue weighted by atomic mass is 10.0. The molecule has 3 heteroatoms. The molecule has 1 fully saturated rings. The van der Waals surface area contributed by atoms with Gasteiger partial charge in [0.25, 0.3) is 5.91 Å². The Kier molecular flexibility index (Phi) is 3.68. The summed E-state index contributed by atoms with van der Waals surface area (Å²) in [5.41, 5.74) is 0.771. The molecular weight excluding hydrogens is 236 g/mol. The van der Waals surface area contributed by atoms with Gasteiger partial charge in [0.2, 0.25) is 0 Å². The highest BCUT2D eigenvalue weighted by molar-refractivity contribution is 5.94. The Morgan fingerprint density at radius 3 is 2.42 bits per heavy atom. The van der Waals surface area contributed by atoms with E-state index in [0.717, 1.165) is 25.1 Å². The maximum absolute atomic E-state index is 12.2. The molecule has 3 nitrogen and oxygen atoms in total. The highest BCUT2D eigenvalue weighted by Crippen LogP contribution is 2.27. The second-order valence-electron chi connectivity index (χ2n) is 6.72. The third-order valence-electron chi connectivity index (χ3n) is 3.87. The molecule has 1 N–H and O–H groups in total. The van der Waals surface area contributed by atoms with Gasteiger partial charge in [-0.05, 0) is 46.2 Å². The monoisotopic (exact) mass is 260 g/mol. The minimum atomic E-state index is -0.125. The standard InChI is InChI=1S/C16H24N2O/c1-15(2,3)18-11-10-16(4,12-18)17-14(19)13-8-6-5-7-9-13/h5-9H,10-12H2,1-4H3,(H,17,19). The van der Waals surface area contributed by atoms with Gasteiger partial charge in [-0.15, -0.1) is 0 Å². The summed E-state index contributed by atoms with van der Waals surface area (Å²) in [4.78, 5) is 14.7. The fourth-order valence-corrected chi connectivity index (χ4v) is 2.57. The van der Waals surface area contributed by atoms with Gasteiger partial charge in [-0.3, -0.25) is 9.69 Å². The Morgan fingerprint density at radius 2 is 1.89 bits per heavy atom. The zero-order valence-corrected chi connectivity index (χ0v) is 12.4. The summed E-state index contributed by atoms with van der Waals surface area (Å²) >= 11 is 0. The van der Waals surface area contributed by atoms with Crippen LogP contribution in [-0.2, 0) is 0 Å². The number of likely N-dealkylation sites (tertiary alicyclic amines) is 1. The zero-order valence-electron chi connectivity index (χ0n) is 12.4. The lowest BCUT2D eigenvalue weighted by Gasteiger charge is -2.34. The molecule has 1 saturated heterocycles. The van der Waals surface area contributed by atoms with Crippen LogP contribution in [0.1, 0.15) is 44.5 Å². The minimum absolute atomic E-state index is 0.0267. The smallest absolute Gasteiger partial charge is 0.251 e. The number of hydrogen-bond acceptors (Lipinski definition) is 2. The number of amides is 1. The van der Waals surface area contributed by atoms with Crippen LogP contribution in [0.2, 0.25) is 0 Å². The Bertz CT molecular complexity index is 450. The van der Waals surface area contributed by atoms with Crippen molar-refractivity contribution in [3.8, 4) is 0 Å². The summed E-state index contributed by atoms with van der Waals surface area (Å²) < 4.78 is 0. The van der Waals surface area contributed by atoms with E-state index in [1.165, 1.54) is 0 Å². The summed E-state index contributed by atoms with van der Waals surface area (Å²) in [6.07, 6.45) is 1.00. The van der Waals surface area contributed by atoms with Crippen molar-refractivity contribution in [1.29, 1.82) is 0 Å². The summed E-state index contributed by atoms with van der Waals surface area (Å²) in [6.45, 7) is 10.7. The average molecular weight is 260 g/mol. The van der Waals surface area contributed by atoms with Gasteiger partial charge >= 0.3 is 0 Å². The molecule has 0 bridgehead atoms. The summed E-state index contributed by atoms with van der Waals surface area (Å²) in [5.74, 6) is 0.0267. The van der Waals surface area contributed by atoms with Gasteiger partial charge < -0.3 is 5.32 Å². The van der Waals surface area contributed by atoms with E-state index in [1.54, 1.807) is 0 Å². The Hall–Kier alpha value is -1.35. The van der Waals surface area contributed by atoms with E-state index in [9.17, 15) is 4.79 Å². The van der Waals surface area contributed by atoms with Gasteiger partial charge in [0.15, 0.2) is 0 Å². The largest absolute Gasteiger partial charge is 0.346 e. The van der Waals surface area contributed by atoms with Crippen LogP contribution in [0.15, 0.2) is 30.3 Å². The van der Waals surface area contributed by atoms with Crippen molar-refractivity contribution < 1.29 is 4.79 Å². The van der Waals surface area contributed by atoms with E-state index in [1.807, 2.05) is 30.3 Å². The van der Waals surface area contributed by atoms with Crippen molar-refractivity contribution in [2.45, 2.75) is 45.2 Å². The van der Waals surface area contributed by atoms with Gasteiger partial charge in [0.1, 0.15) is 0 Å². The van der Waals surface area contributed by atoms with Gasteiger partial charge in [-0.25, -0.2) is 0 Å². The maximum Gasteiger partial charge on any atom is 0.251 e. The molecule has 19 heavy (non-hydrogen) atoms. The Morgan fingerprint density at radius 1 is 1.26 bits per heavy atom. The van der Waals surface area contributed by atoms with Crippen molar-refractivity contribution in [2.24, 2.45) is 0 Å². The van der Waals surface area contributed by atoms with Crippen LogP contribution in [0.3, 0.4) is 0 Å². The molecule has 1 heterocycles. The van der Waals surface area contributed by atoms with Crippen molar-refractivity contribution >= 4 is 5.91 Å². The molecule has 0 radical (unpaired) electrons. The molecular formula is C16H24N2O. The molecule has 1 unspecified atom stereocenters. The van der Waals surface area contributed by atoms with Crippen molar-refractivity contribution in [1.82, 2.24) is 10.2 Å². The lowest BCUT2D eigenvalue weighted by molar-refractivity contribution is 0.0895. The van der Waals surface area contributed by atoms with Crippen LogP contribution >= 0.6 is 0 Å². The molecule has 0 saturated carbocycles. The van der Waals surface area contributed by atoms with Crippen molar-refractivity contribution in [3.05, 3.63) is 35.9 Å². The first kappa shape index (κ1) is 14.1. The SMILES string of the molecule is CC1(NC(=O)c2ccccc2)CCN(C(C)(C)C)C1. The van der Waals surface area contributed by atoms with E-state index in [0.29, 0.717) is 0 Å². The van der Waals surface area contributed by atoms with Crippen molar-refractivity contribution in [2.75, 3.05) is 13.1 Å². The number of hydrogen-bond donors (Lipinski definition) is 1. The number of benzene rings is 1. The van der Waals surface area contributed by atoms with Crippen molar-refractivity contribution in [3.63, 3.8) is 0 Å². The highest BCUT2D eigenvalue weighted by Gasteiger charge is 2.39. The molecule has 104 valence electrons. The van der Waals surface area contributed by atoms with E-state index < -0.39 is 0 Å². The first-order valence-corrected chi connectivity index (χ1v) is 6.93. The molecule has 1 aromatic rings. The van der Waals surface area contributed by atoms with Crippen LogP contribution in [0.25, 0.3) is 0 Å². The molecule has 1 aliphatic heterocycles. The second kappa shape index (κ2) is 4.97. The van der Waals surface area contributed by atoms with Gasteiger partial charge in [-0.2, -0.15) is 0 Å². The summed E-state index contributed by atoms with van der Waals surface area (Å²) in [7, 11) is 0. The van der Waals surface area contributed by atoms with E-state index >= 15 is 0 Å². The fraction of sp³-hybridized carbons (Fsp3) is 0.562. The molecule has 1 aliphatic rings. The summed E-state index contributed by atoms with van der Waals surface area (Å²) in [6, 6.07) is 9.43. The molecule has 0 aliphatic carbocycles. The zero-order chi connectivity index (χ0) is 14.1. The van der Waals surface area contributed by atoms with Crippen LogP contribution in [0, 0.1) is 0 Å². The second-order valence-corrected chi connectivity index (χ2v) is 6.72. The molecule has 0 aromatic heterocycles. The fourth-order valence-electron chi connectivity index (χ4n) is 2.57. The van der Waals surface area contributed by atoms with Crippen LogP contribution in [0.5, 0.6) is 0 Å². The molecule has 2 rings (SSSR count). The third kappa shape index (κ3) is 3.35. The first-order valence-electron chi connectivity index (χ1n) is 6.93. The Labute approximate surface area is 116 Å². The first-order chi connectivity index (χ1) is 8.80. The van der Waals surface area contributed by atoms with Crippen LogP contribution in [-0.4, -0.2) is 35.0 Å². The normalized spacial score (nSPS) is 24.4. The van der Waals surface area contributed by atoms with Crippen LogP contribution < -0.4 is 5.32 Å². The quantitative estimate of drug-likeness (QED) is 0.886. The number of nitrogens with zero attached hydrogens (tertiary/aromatic N) is 1. The molecule has 0 spiro atoms. The maximum atomic E-state index is 12.2. The number of rotatable bonds is 2. The van der Waals surface area contributed by atoms with E-state index in [-0.39, 0.29) is 17.0 Å². The van der Waals surface area contributed by atoms with Gasteiger partial charge in [-0.1, -0.05) is 18.2 Å². The van der Waals surface area contributed by atoms with E-state index in [4.69, 9.17) is 0 Å². The van der Waals surface area contributed by atoms with Crippen LogP contribution in [0.4, 0.5) is 0 Å². The molecule has 1 amide bonds. The van der Waals surface area contributed by atoms with E-state index in [2.05, 4.69) is 37.9 Å². The summed E-state index contributed by atoms with van der Waals surface area (Å²) in [5, 5.41) is 3.19. The lowest BCUT2D eigenvalue weighted by Crippen LogP contribution is -2.50. The third-order valence-corrected chi connectivity index (χ3v) is 3.87.